The van der Waals surface area contributed by atoms with Crippen LogP contribution in [-0.2, 0) is 19.7 Å². The molecule has 0 saturated heterocycles. The zero-order chi connectivity index (χ0) is 20.1. The van der Waals surface area contributed by atoms with E-state index in [-0.39, 0.29) is 12.5 Å². The van der Waals surface area contributed by atoms with E-state index >= 15 is 0 Å². The third-order valence-electron chi connectivity index (χ3n) is 4.09. The second-order valence-electron chi connectivity index (χ2n) is 6.00. The van der Waals surface area contributed by atoms with Crippen molar-refractivity contribution in [3.63, 3.8) is 0 Å². The van der Waals surface area contributed by atoms with Gasteiger partial charge in [-0.2, -0.15) is 5.10 Å². The molecule has 1 amide bonds. The molecule has 0 atom stereocenters. The normalized spacial score (nSPS) is 10.7. The van der Waals surface area contributed by atoms with Gasteiger partial charge >= 0.3 is 0 Å². The maximum absolute atomic E-state index is 12.5. The summed E-state index contributed by atoms with van der Waals surface area (Å²) in [6.07, 6.45) is 1.58. The summed E-state index contributed by atoms with van der Waals surface area (Å²) in [6, 6.07) is 12.2. The smallest absolute Gasteiger partial charge is 0.251 e. The van der Waals surface area contributed by atoms with Gasteiger partial charge in [-0.1, -0.05) is 46.9 Å². The SMILES string of the molecule is CCn1ncc(Cl)c1CNC(=O)c1cccc(COc2ccc(Cl)cc2Cl)c1. The van der Waals surface area contributed by atoms with Crippen molar-refractivity contribution in [2.24, 2.45) is 0 Å². The number of nitrogens with one attached hydrogen (secondary N) is 1. The van der Waals surface area contributed by atoms with Gasteiger partial charge in [0.25, 0.3) is 5.91 Å². The predicted molar refractivity (Wildman–Crippen MR) is 111 cm³/mol. The monoisotopic (exact) mass is 437 g/mol. The molecule has 8 heteroatoms. The van der Waals surface area contributed by atoms with E-state index in [4.69, 9.17) is 39.5 Å². The first-order valence-corrected chi connectivity index (χ1v) is 9.76. The van der Waals surface area contributed by atoms with Gasteiger partial charge in [-0.05, 0) is 42.8 Å². The van der Waals surface area contributed by atoms with Crippen molar-refractivity contribution in [3.05, 3.63) is 80.6 Å². The molecule has 2 aromatic carbocycles. The lowest BCUT2D eigenvalue weighted by Gasteiger charge is -2.10. The van der Waals surface area contributed by atoms with Gasteiger partial charge in [0, 0.05) is 17.1 Å². The fourth-order valence-electron chi connectivity index (χ4n) is 2.66. The minimum atomic E-state index is -0.203. The lowest BCUT2D eigenvalue weighted by molar-refractivity contribution is 0.0949. The van der Waals surface area contributed by atoms with E-state index in [9.17, 15) is 4.79 Å². The lowest BCUT2D eigenvalue weighted by atomic mass is 10.1. The van der Waals surface area contributed by atoms with Gasteiger partial charge in [0.1, 0.15) is 12.4 Å². The molecule has 1 heterocycles. The number of rotatable bonds is 7. The van der Waals surface area contributed by atoms with E-state index in [1.807, 2.05) is 13.0 Å². The molecule has 28 heavy (non-hydrogen) atoms. The molecule has 0 bridgehead atoms. The molecular weight excluding hydrogens is 421 g/mol. The lowest BCUT2D eigenvalue weighted by Crippen LogP contribution is -2.24. The number of hydrogen-bond acceptors (Lipinski definition) is 3. The van der Waals surface area contributed by atoms with Crippen molar-refractivity contribution in [3.8, 4) is 5.75 Å². The highest BCUT2D eigenvalue weighted by atomic mass is 35.5. The van der Waals surface area contributed by atoms with Crippen LogP contribution in [0, 0.1) is 0 Å². The zero-order valence-corrected chi connectivity index (χ0v) is 17.4. The highest BCUT2D eigenvalue weighted by Gasteiger charge is 2.12. The van der Waals surface area contributed by atoms with Gasteiger partial charge < -0.3 is 10.1 Å². The number of nitrogens with zero attached hydrogens (tertiary/aromatic N) is 2. The summed E-state index contributed by atoms with van der Waals surface area (Å²) in [5.74, 6) is 0.328. The minimum absolute atomic E-state index is 0.203. The Kier molecular flexibility index (Phi) is 6.83. The Balaban J connectivity index is 1.63. The molecule has 0 aliphatic heterocycles. The zero-order valence-electron chi connectivity index (χ0n) is 15.1. The van der Waals surface area contributed by atoms with Crippen molar-refractivity contribution in [1.29, 1.82) is 0 Å². The van der Waals surface area contributed by atoms with Crippen molar-refractivity contribution >= 4 is 40.7 Å². The van der Waals surface area contributed by atoms with E-state index in [0.29, 0.717) is 39.5 Å². The second-order valence-corrected chi connectivity index (χ2v) is 7.25. The molecule has 0 unspecified atom stereocenters. The van der Waals surface area contributed by atoms with Crippen LogP contribution in [0.2, 0.25) is 15.1 Å². The number of benzene rings is 2. The number of halogens is 3. The molecule has 0 radical (unpaired) electrons. The molecule has 1 N–H and O–H groups in total. The number of aryl methyl sites for hydroxylation is 1. The second kappa shape index (κ2) is 9.32. The Morgan fingerprint density at radius 1 is 1.14 bits per heavy atom. The van der Waals surface area contributed by atoms with Gasteiger partial charge in [-0.25, -0.2) is 0 Å². The summed E-state index contributed by atoms with van der Waals surface area (Å²) in [6.45, 7) is 3.21. The predicted octanol–water partition coefficient (Wildman–Crippen LogP) is 5.37. The summed E-state index contributed by atoms with van der Waals surface area (Å²) >= 11 is 18.1. The molecule has 0 aliphatic carbocycles. The molecule has 5 nitrogen and oxygen atoms in total. The Labute approximate surface area is 178 Å². The van der Waals surface area contributed by atoms with Crippen LogP contribution in [0.25, 0.3) is 0 Å². The van der Waals surface area contributed by atoms with E-state index in [1.165, 1.54) is 0 Å². The van der Waals surface area contributed by atoms with Gasteiger partial charge in [0.2, 0.25) is 0 Å². The number of amides is 1. The number of carbonyl (C=O) groups excluding carboxylic acids is 1. The molecule has 0 fully saturated rings. The van der Waals surface area contributed by atoms with Crippen molar-refractivity contribution in [2.45, 2.75) is 26.6 Å². The Hall–Kier alpha value is -2.21. The first-order valence-electron chi connectivity index (χ1n) is 8.63. The van der Waals surface area contributed by atoms with Crippen LogP contribution in [0.3, 0.4) is 0 Å². The third kappa shape index (κ3) is 4.98. The Morgan fingerprint density at radius 3 is 2.71 bits per heavy atom. The highest BCUT2D eigenvalue weighted by molar-refractivity contribution is 6.35. The van der Waals surface area contributed by atoms with Crippen molar-refractivity contribution in [2.75, 3.05) is 0 Å². The minimum Gasteiger partial charge on any atom is -0.487 e. The first kappa shape index (κ1) is 20.5. The van der Waals surface area contributed by atoms with Crippen LogP contribution in [0.5, 0.6) is 5.75 Å². The van der Waals surface area contributed by atoms with E-state index in [1.54, 1.807) is 47.3 Å². The highest BCUT2D eigenvalue weighted by Crippen LogP contribution is 2.28. The molecular formula is C20H18Cl3N3O2. The summed E-state index contributed by atoms with van der Waals surface area (Å²) < 4.78 is 7.48. The van der Waals surface area contributed by atoms with Crippen LogP contribution in [0.1, 0.15) is 28.5 Å². The van der Waals surface area contributed by atoms with Crippen LogP contribution in [-0.4, -0.2) is 15.7 Å². The van der Waals surface area contributed by atoms with Crippen molar-refractivity contribution < 1.29 is 9.53 Å². The fourth-order valence-corrected chi connectivity index (χ4v) is 3.33. The molecule has 0 aliphatic rings. The van der Waals surface area contributed by atoms with E-state index < -0.39 is 0 Å². The summed E-state index contributed by atoms with van der Waals surface area (Å²) in [7, 11) is 0. The summed E-state index contributed by atoms with van der Waals surface area (Å²) in [5.41, 5.74) is 2.15. The molecule has 0 spiro atoms. The standard InChI is InChI=1S/C20H18Cl3N3O2/c1-2-26-18(17(23)10-25-26)11-24-20(27)14-5-3-4-13(8-14)12-28-19-7-6-15(21)9-16(19)22/h3-10H,2,11-12H2,1H3,(H,24,27). The largest absolute Gasteiger partial charge is 0.487 e. The number of aromatic nitrogens is 2. The number of ether oxygens (including phenoxy) is 1. The first-order chi connectivity index (χ1) is 13.5. The molecule has 146 valence electrons. The maximum atomic E-state index is 12.5. The van der Waals surface area contributed by atoms with Crippen molar-refractivity contribution in [1.82, 2.24) is 15.1 Å². The fraction of sp³-hybridized carbons (Fsp3) is 0.200. The summed E-state index contributed by atoms with van der Waals surface area (Å²) in [5, 5.41) is 8.54. The molecule has 0 saturated carbocycles. The number of hydrogen-bond donors (Lipinski definition) is 1. The van der Waals surface area contributed by atoms with Crippen LogP contribution >= 0.6 is 34.8 Å². The average Bonchev–Trinajstić information content (AvgIpc) is 3.05. The molecule has 3 rings (SSSR count). The van der Waals surface area contributed by atoms with Gasteiger partial charge in [-0.15, -0.1) is 0 Å². The van der Waals surface area contributed by atoms with Gasteiger partial charge in [0.15, 0.2) is 0 Å². The molecule has 1 aromatic heterocycles. The Bertz CT molecular complexity index is 989. The van der Waals surface area contributed by atoms with E-state index in [2.05, 4.69) is 10.4 Å². The number of carbonyl (C=O) groups is 1. The summed E-state index contributed by atoms with van der Waals surface area (Å²) in [4.78, 5) is 12.5. The van der Waals surface area contributed by atoms with Gasteiger partial charge in [-0.3, -0.25) is 9.48 Å². The average molecular weight is 439 g/mol. The van der Waals surface area contributed by atoms with Crippen LogP contribution in [0.4, 0.5) is 0 Å². The van der Waals surface area contributed by atoms with E-state index in [0.717, 1.165) is 11.3 Å². The van der Waals surface area contributed by atoms with Gasteiger partial charge in [0.05, 0.1) is 28.5 Å². The third-order valence-corrected chi connectivity index (χ3v) is 4.94. The maximum Gasteiger partial charge on any atom is 0.251 e. The topological polar surface area (TPSA) is 56.2 Å². The van der Waals surface area contributed by atoms with Crippen LogP contribution in [0.15, 0.2) is 48.7 Å². The Morgan fingerprint density at radius 2 is 1.96 bits per heavy atom. The molecule has 3 aromatic rings. The van der Waals surface area contributed by atoms with Crippen LogP contribution < -0.4 is 10.1 Å². The quantitative estimate of drug-likeness (QED) is 0.539.